The highest BCUT2D eigenvalue weighted by Crippen LogP contribution is 2.15. The van der Waals surface area contributed by atoms with Gasteiger partial charge in [0.15, 0.2) is 5.96 Å². The Hall–Kier alpha value is -1.62. The number of likely N-dealkylation sites (tertiary alicyclic amines) is 1. The molecule has 128 valence electrons. The molecule has 1 aliphatic rings. The third kappa shape index (κ3) is 6.18. The lowest BCUT2D eigenvalue weighted by Crippen LogP contribution is -2.43. The average Bonchev–Trinajstić information content (AvgIpc) is 2.57. The van der Waals surface area contributed by atoms with E-state index in [1.165, 1.54) is 32.0 Å². The van der Waals surface area contributed by atoms with Crippen molar-refractivity contribution in [3.63, 3.8) is 0 Å². The van der Waals surface area contributed by atoms with Gasteiger partial charge in [0.1, 0.15) is 5.82 Å². The molecule has 0 aliphatic carbocycles. The number of guanidine groups is 1. The molecule has 0 radical (unpaired) electrons. The molecule has 0 spiro atoms. The first-order valence-electron chi connectivity index (χ1n) is 8.59. The van der Waals surface area contributed by atoms with Crippen molar-refractivity contribution in [2.24, 2.45) is 10.9 Å². The first-order valence-corrected chi connectivity index (χ1v) is 8.59. The van der Waals surface area contributed by atoms with Crippen molar-refractivity contribution in [3.05, 3.63) is 35.6 Å². The monoisotopic (exact) mass is 320 g/mol. The van der Waals surface area contributed by atoms with Gasteiger partial charge in [0.2, 0.25) is 0 Å². The van der Waals surface area contributed by atoms with Crippen LogP contribution in [-0.4, -0.2) is 50.6 Å². The Kier molecular flexibility index (Phi) is 7.33. The van der Waals surface area contributed by atoms with Gasteiger partial charge in [-0.05, 0) is 49.9 Å². The molecule has 0 aromatic heterocycles. The van der Waals surface area contributed by atoms with Gasteiger partial charge >= 0.3 is 0 Å². The zero-order chi connectivity index (χ0) is 16.5. The molecule has 1 aromatic rings. The molecular weight excluding hydrogens is 291 g/mol. The van der Waals surface area contributed by atoms with Gasteiger partial charge in [-0.1, -0.05) is 25.1 Å². The summed E-state index contributed by atoms with van der Waals surface area (Å²) in [7, 11) is 1.76. The van der Waals surface area contributed by atoms with Crippen LogP contribution in [0, 0.1) is 11.7 Å². The summed E-state index contributed by atoms with van der Waals surface area (Å²) in [5.41, 5.74) is 0.734. The molecule has 1 heterocycles. The lowest BCUT2D eigenvalue weighted by atomic mass is 9.99. The Balaban J connectivity index is 1.63. The van der Waals surface area contributed by atoms with Crippen LogP contribution in [-0.2, 0) is 6.42 Å². The molecule has 1 aromatic carbocycles. The maximum atomic E-state index is 13.6. The predicted octanol–water partition coefficient (Wildman–Crippen LogP) is 2.27. The summed E-state index contributed by atoms with van der Waals surface area (Å²) in [6.45, 7) is 7.32. The second kappa shape index (κ2) is 9.50. The lowest BCUT2D eigenvalue weighted by Gasteiger charge is -2.30. The molecule has 1 fully saturated rings. The minimum Gasteiger partial charge on any atom is -0.356 e. The smallest absolute Gasteiger partial charge is 0.191 e. The number of nitrogens with zero attached hydrogens (tertiary/aromatic N) is 2. The van der Waals surface area contributed by atoms with Crippen LogP contribution < -0.4 is 10.6 Å². The second-order valence-corrected chi connectivity index (χ2v) is 6.29. The number of piperidine rings is 1. The van der Waals surface area contributed by atoms with Crippen molar-refractivity contribution < 1.29 is 4.39 Å². The van der Waals surface area contributed by atoms with Crippen molar-refractivity contribution in [3.8, 4) is 0 Å². The van der Waals surface area contributed by atoms with Crippen LogP contribution in [0.2, 0.25) is 0 Å². The molecule has 0 bridgehead atoms. The quantitative estimate of drug-likeness (QED) is 0.624. The number of halogens is 1. The molecular formula is C18H29FN4. The zero-order valence-electron chi connectivity index (χ0n) is 14.3. The highest BCUT2D eigenvalue weighted by Gasteiger charge is 2.14. The number of hydrogen-bond acceptors (Lipinski definition) is 2. The molecule has 0 saturated carbocycles. The summed E-state index contributed by atoms with van der Waals surface area (Å²) in [5, 5.41) is 6.58. The number of hydrogen-bond donors (Lipinski definition) is 2. The van der Waals surface area contributed by atoms with Gasteiger partial charge in [0.25, 0.3) is 0 Å². The Morgan fingerprint density at radius 1 is 1.22 bits per heavy atom. The van der Waals surface area contributed by atoms with E-state index in [0.717, 1.165) is 30.5 Å². The van der Waals surface area contributed by atoms with Crippen LogP contribution in [0.4, 0.5) is 4.39 Å². The fraction of sp³-hybridized carbons (Fsp3) is 0.611. The van der Waals surface area contributed by atoms with E-state index in [1.807, 2.05) is 12.1 Å². The molecule has 4 nitrogen and oxygen atoms in total. The van der Waals surface area contributed by atoms with Gasteiger partial charge in [-0.25, -0.2) is 4.39 Å². The van der Waals surface area contributed by atoms with E-state index in [2.05, 4.69) is 27.4 Å². The third-order valence-corrected chi connectivity index (χ3v) is 4.46. The Morgan fingerprint density at radius 2 is 1.91 bits per heavy atom. The third-order valence-electron chi connectivity index (χ3n) is 4.46. The van der Waals surface area contributed by atoms with E-state index in [9.17, 15) is 4.39 Å². The fourth-order valence-electron chi connectivity index (χ4n) is 2.86. The summed E-state index contributed by atoms with van der Waals surface area (Å²) in [6, 6.07) is 6.91. The van der Waals surface area contributed by atoms with E-state index < -0.39 is 0 Å². The molecule has 2 rings (SSSR count). The van der Waals surface area contributed by atoms with Crippen molar-refractivity contribution >= 4 is 5.96 Å². The van der Waals surface area contributed by atoms with Crippen LogP contribution in [0.25, 0.3) is 0 Å². The minimum atomic E-state index is -0.142. The van der Waals surface area contributed by atoms with E-state index >= 15 is 0 Å². The summed E-state index contributed by atoms with van der Waals surface area (Å²) >= 11 is 0. The van der Waals surface area contributed by atoms with Crippen molar-refractivity contribution in [2.45, 2.75) is 26.2 Å². The predicted molar refractivity (Wildman–Crippen MR) is 94.3 cm³/mol. The molecule has 1 saturated heterocycles. The molecule has 1 aliphatic heterocycles. The zero-order valence-corrected chi connectivity index (χ0v) is 14.3. The first-order chi connectivity index (χ1) is 11.2. The second-order valence-electron chi connectivity index (χ2n) is 6.29. The van der Waals surface area contributed by atoms with Gasteiger partial charge in [-0.3, -0.25) is 4.99 Å². The average molecular weight is 320 g/mol. The minimum absolute atomic E-state index is 0.142. The lowest BCUT2D eigenvalue weighted by molar-refractivity contribution is 0.195. The topological polar surface area (TPSA) is 39.7 Å². The Morgan fingerprint density at radius 3 is 2.61 bits per heavy atom. The van der Waals surface area contributed by atoms with Crippen LogP contribution in [0.5, 0.6) is 0 Å². The maximum absolute atomic E-state index is 13.6. The van der Waals surface area contributed by atoms with Crippen LogP contribution in [0.15, 0.2) is 29.3 Å². The number of aliphatic imine (C=N–C) groups is 1. The highest BCUT2D eigenvalue weighted by atomic mass is 19.1. The van der Waals surface area contributed by atoms with Gasteiger partial charge in [-0.2, -0.15) is 0 Å². The molecule has 2 N–H and O–H groups in total. The van der Waals surface area contributed by atoms with Crippen LogP contribution in [0.1, 0.15) is 25.3 Å². The van der Waals surface area contributed by atoms with Gasteiger partial charge in [-0.15, -0.1) is 0 Å². The number of rotatable bonds is 6. The SMILES string of the molecule is CN=C(NCCc1ccccc1F)NCCN1CCC(C)CC1. The van der Waals surface area contributed by atoms with Crippen molar-refractivity contribution in [2.75, 3.05) is 39.8 Å². The molecule has 5 heteroatoms. The van der Waals surface area contributed by atoms with Crippen molar-refractivity contribution in [1.82, 2.24) is 15.5 Å². The Labute approximate surface area is 139 Å². The van der Waals surface area contributed by atoms with E-state index in [4.69, 9.17) is 0 Å². The summed E-state index contributed by atoms with van der Waals surface area (Å²) in [4.78, 5) is 6.72. The van der Waals surface area contributed by atoms with Crippen LogP contribution in [0.3, 0.4) is 0 Å². The largest absolute Gasteiger partial charge is 0.356 e. The normalized spacial score (nSPS) is 17.3. The molecule has 0 unspecified atom stereocenters. The highest BCUT2D eigenvalue weighted by molar-refractivity contribution is 5.79. The summed E-state index contributed by atoms with van der Waals surface area (Å²) in [6.07, 6.45) is 3.25. The number of benzene rings is 1. The summed E-state index contributed by atoms with van der Waals surface area (Å²) in [5.74, 6) is 1.51. The summed E-state index contributed by atoms with van der Waals surface area (Å²) < 4.78 is 13.6. The van der Waals surface area contributed by atoms with E-state index in [1.54, 1.807) is 13.1 Å². The fourth-order valence-corrected chi connectivity index (χ4v) is 2.86. The standard InChI is InChI=1S/C18H29FN4/c1-15-8-12-23(13-9-15)14-11-22-18(20-2)21-10-7-16-5-3-4-6-17(16)19/h3-6,15H,7-14H2,1-2H3,(H2,20,21,22). The van der Waals surface area contributed by atoms with Crippen molar-refractivity contribution in [1.29, 1.82) is 0 Å². The first kappa shape index (κ1) is 17.7. The van der Waals surface area contributed by atoms with Gasteiger partial charge < -0.3 is 15.5 Å². The Bertz CT molecular complexity index is 496. The molecule has 0 atom stereocenters. The van der Waals surface area contributed by atoms with Gasteiger partial charge in [0, 0.05) is 26.7 Å². The van der Waals surface area contributed by atoms with Gasteiger partial charge in [0.05, 0.1) is 0 Å². The number of nitrogens with one attached hydrogen (secondary N) is 2. The maximum Gasteiger partial charge on any atom is 0.191 e. The van der Waals surface area contributed by atoms with Crippen LogP contribution >= 0.6 is 0 Å². The molecule has 0 amide bonds. The molecule has 23 heavy (non-hydrogen) atoms. The van der Waals surface area contributed by atoms with E-state index in [-0.39, 0.29) is 5.82 Å². The van der Waals surface area contributed by atoms with E-state index in [0.29, 0.717) is 13.0 Å².